The quantitative estimate of drug-likeness (QED) is 0.761. The number of anilines is 1. The molecule has 0 amide bonds. The monoisotopic (exact) mass is 278 g/mol. The van der Waals surface area contributed by atoms with Crippen molar-refractivity contribution in [2.24, 2.45) is 11.7 Å². The fraction of sp³-hybridized carbons (Fsp3) is 0.714. The fourth-order valence-electron chi connectivity index (χ4n) is 3.12. The van der Waals surface area contributed by atoms with E-state index in [0.717, 1.165) is 19.4 Å². The normalized spacial score (nSPS) is 32.6. The van der Waals surface area contributed by atoms with E-state index in [2.05, 4.69) is 15.3 Å². The highest BCUT2D eigenvalue weighted by atomic mass is 16.5. The van der Waals surface area contributed by atoms with Crippen LogP contribution in [-0.2, 0) is 4.74 Å². The van der Waals surface area contributed by atoms with Gasteiger partial charge in [-0.2, -0.15) is 0 Å². The molecule has 0 aromatic carbocycles. The molecule has 4 unspecified atom stereocenters. The molecule has 1 saturated heterocycles. The standard InChI is InChI=1S/C14H22N4O2/c1-7(2)14-17-9(6-10(19)18-14)16-12-11(15)8-4-3-5-20-13(8)12/h6-8,11-13H,3-5,15H2,1-2H3,(H2,16,17,18,19). The van der Waals surface area contributed by atoms with Crippen LogP contribution in [0.5, 0.6) is 0 Å². The molecule has 0 radical (unpaired) electrons. The third kappa shape index (κ3) is 2.33. The first kappa shape index (κ1) is 13.6. The second-order valence-electron chi connectivity index (χ2n) is 6.06. The van der Waals surface area contributed by atoms with Crippen molar-refractivity contribution >= 4 is 5.82 Å². The van der Waals surface area contributed by atoms with Crippen LogP contribution in [-0.4, -0.2) is 34.8 Å². The van der Waals surface area contributed by atoms with Gasteiger partial charge in [-0.1, -0.05) is 13.8 Å². The predicted octanol–water partition coefficient (Wildman–Crippen LogP) is 0.810. The number of aromatic amines is 1. The van der Waals surface area contributed by atoms with Gasteiger partial charge < -0.3 is 20.8 Å². The van der Waals surface area contributed by atoms with Crippen molar-refractivity contribution < 1.29 is 4.74 Å². The summed E-state index contributed by atoms with van der Waals surface area (Å²) in [4.78, 5) is 18.9. The van der Waals surface area contributed by atoms with E-state index in [4.69, 9.17) is 10.5 Å². The van der Waals surface area contributed by atoms with Crippen LogP contribution in [0.25, 0.3) is 0 Å². The van der Waals surface area contributed by atoms with Crippen molar-refractivity contribution in [2.75, 3.05) is 11.9 Å². The summed E-state index contributed by atoms with van der Waals surface area (Å²) in [6.45, 7) is 4.79. The van der Waals surface area contributed by atoms with Crippen LogP contribution < -0.4 is 16.6 Å². The molecule has 6 nitrogen and oxygen atoms in total. The fourth-order valence-corrected chi connectivity index (χ4v) is 3.12. The maximum atomic E-state index is 11.7. The average Bonchev–Trinajstić information content (AvgIpc) is 2.43. The molecule has 0 bridgehead atoms. The van der Waals surface area contributed by atoms with Gasteiger partial charge in [-0.05, 0) is 12.8 Å². The summed E-state index contributed by atoms with van der Waals surface area (Å²) < 4.78 is 5.78. The zero-order valence-electron chi connectivity index (χ0n) is 11.9. The Bertz CT molecular complexity index is 542. The van der Waals surface area contributed by atoms with Gasteiger partial charge >= 0.3 is 0 Å². The number of hydrogen-bond acceptors (Lipinski definition) is 5. The van der Waals surface area contributed by atoms with Gasteiger partial charge in [-0.25, -0.2) is 4.98 Å². The van der Waals surface area contributed by atoms with Crippen LogP contribution >= 0.6 is 0 Å². The van der Waals surface area contributed by atoms with Gasteiger partial charge in [-0.3, -0.25) is 4.79 Å². The molecule has 1 aliphatic carbocycles. The molecule has 2 fully saturated rings. The molecule has 1 aliphatic heterocycles. The minimum Gasteiger partial charge on any atom is -0.376 e. The second-order valence-corrected chi connectivity index (χ2v) is 6.06. The molecule has 6 heteroatoms. The van der Waals surface area contributed by atoms with Crippen molar-refractivity contribution in [2.45, 2.75) is 50.8 Å². The lowest BCUT2D eigenvalue weighted by Gasteiger charge is -2.52. The van der Waals surface area contributed by atoms with Crippen molar-refractivity contribution in [3.63, 3.8) is 0 Å². The molecule has 1 aromatic heterocycles. The lowest BCUT2D eigenvalue weighted by Crippen LogP contribution is -2.69. The van der Waals surface area contributed by atoms with E-state index >= 15 is 0 Å². The lowest BCUT2D eigenvalue weighted by molar-refractivity contribution is -0.104. The molecule has 2 aliphatic rings. The highest BCUT2D eigenvalue weighted by Gasteiger charge is 2.50. The van der Waals surface area contributed by atoms with Crippen molar-refractivity contribution in [3.05, 3.63) is 22.2 Å². The Morgan fingerprint density at radius 2 is 2.35 bits per heavy atom. The summed E-state index contributed by atoms with van der Waals surface area (Å²) in [5.41, 5.74) is 6.07. The van der Waals surface area contributed by atoms with Gasteiger partial charge in [0.05, 0.1) is 12.1 Å². The second kappa shape index (κ2) is 5.18. The van der Waals surface area contributed by atoms with E-state index < -0.39 is 0 Å². The summed E-state index contributed by atoms with van der Waals surface area (Å²) in [5.74, 6) is 1.89. The van der Waals surface area contributed by atoms with Crippen molar-refractivity contribution in [1.29, 1.82) is 0 Å². The Kier molecular flexibility index (Phi) is 3.52. The van der Waals surface area contributed by atoms with Crippen molar-refractivity contribution in [3.8, 4) is 0 Å². The highest BCUT2D eigenvalue weighted by molar-refractivity contribution is 5.38. The molecule has 0 spiro atoms. The summed E-state index contributed by atoms with van der Waals surface area (Å²) in [7, 11) is 0. The number of aromatic nitrogens is 2. The summed E-state index contributed by atoms with van der Waals surface area (Å²) >= 11 is 0. The van der Waals surface area contributed by atoms with Gasteiger partial charge in [0.2, 0.25) is 0 Å². The number of nitrogens with one attached hydrogen (secondary N) is 2. The number of H-pyrrole nitrogens is 1. The first-order valence-electron chi connectivity index (χ1n) is 7.31. The molecular formula is C14H22N4O2. The Labute approximate surface area is 118 Å². The summed E-state index contributed by atoms with van der Waals surface area (Å²) in [5, 5.41) is 3.28. The number of hydrogen-bond donors (Lipinski definition) is 3. The molecule has 4 atom stereocenters. The third-order valence-corrected chi connectivity index (χ3v) is 4.30. The van der Waals surface area contributed by atoms with Crippen LogP contribution in [0.4, 0.5) is 5.82 Å². The van der Waals surface area contributed by atoms with Gasteiger partial charge in [-0.15, -0.1) is 0 Å². The molecule has 110 valence electrons. The third-order valence-electron chi connectivity index (χ3n) is 4.30. The van der Waals surface area contributed by atoms with E-state index in [-0.39, 0.29) is 29.7 Å². The maximum Gasteiger partial charge on any atom is 0.252 e. The minimum absolute atomic E-state index is 0.0506. The molecule has 1 saturated carbocycles. The minimum atomic E-state index is -0.139. The smallest absolute Gasteiger partial charge is 0.252 e. The van der Waals surface area contributed by atoms with Crippen LogP contribution in [0.1, 0.15) is 38.4 Å². The van der Waals surface area contributed by atoms with Crippen LogP contribution in [0, 0.1) is 5.92 Å². The summed E-state index contributed by atoms with van der Waals surface area (Å²) in [6.07, 6.45) is 2.37. The van der Waals surface area contributed by atoms with Gasteiger partial charge in [0.1, 0.15) is 11.6 Å². The zero-order chi connectivity index (χ0) is 14.3. The number of nitrogens with two attached hydrogens (primary N) is 1. The average molecular weight is 278 g/mol. The van der Waals surface area contributed by atoms with Gasteiger partial charge in [0.25, 0.3) is 5.56 Å². The molecule has 20 heavy (non-hydrogen) atoms. The van der Waals surface area contributed by atoms with Crippen LogP contribution in [0.3, 0.4) is 0 Å². The molecule has 2 heterocycles. The largest absolute Gasteiger partial charge is 0.376 e. The molecule has 4 N–H and O–H groups in total. The van der Waals surface area contributed by atoms with E-state index in [0.29, 0.717) is 17.6 Å². The number of rotatable bonds is 3. The van der Waals surface area contributed by atoms with Gasteiger partial charge in [0, 0.05) is 30.6 Å². The number of nitrogens with zero attached hydrogens (tertiary/aromatic N) is 1. The van der Waals surface area contributed by atoms with E-state index in [9.17, 15) is 4.79 Å². The van der Waals surface area contributed by atoms with Crippen molar-refractivity contribution in [1.82, 2.24) is 9.97 Å². The SMILES string of the molecule is CC(C)c1nc(NC2C(N)C3CCCOC32)cc(=O)[nH]1. The maximum absolute atomic E-state index is 11.7. The Morgan fingerprint density at radius 1 is 1.55 bits per heavy atom. The number of ether oxygens (including phenoxy) is 1. The highest BCUT2D eigenvalue weighted by Crippen LogP contribution is 2.38. The molecular weight excluding hydrogens is 256 g/mol. The topological polar surface area (TPSA) is 93.0 Å². The van der Waals surface area contributed by atoms with E-state index in [1.165, 1.54) is 6.07 Å². The van der Waals surface area contributed by atoms with Crippen LogP contribution in [0.15, 0.2) is 10.9 Å². The Morgan fingerprint density at radius 3 is 3.10 bits per heavy atom. The Balaban J connectivity index is 1.76. The summed E-state index contributed by atoms with van der Waals surface area (Å²) in [6, 6.07) is 1.60. The van der Waals surface area contributed by atoms with E-state index in [1.807, 2.05) is 13.8 Å². The van der Waals surface area contributed by atoms with Crippen LogP contribution in [0.2, 0.25) is 0 Å². The van der Waals surface area contributed by atoms with Gasteiger partial charge in [0.15, 0.2) is 0 Å². The first-order chi connectivity index (χ1) is 9.56. The van der Waals surface area contributed by atoms with E-state index in [1.54, 1.807) is 0 Å². The lowest BCUT2D eigenvalue weighted by atomic mass is 9.68. The first-order valence-corrected chi connectivity index (χ1v) is 7.31. The predicted molar refractivity (Wildman–Crippen MR) is 76.8 cm³/mol. The molecule has 3 rings (SSSR count). The number of fused-ring (bicyclic) bond motifs is 1. The zero-order valence-corrected chi connectivity index (χ0v) is 11.9. The molecule has 1 aromatic rings. The Hall–Kier alpha value is -1.40.